The van der Waals surface area contributed by atoms with Gasteiger partial charge in [0.15, 0.2) is 0 Å². The van der Waals surface area contributed by atoms with Crippen LogP contribution in [0.25, 0.3) is 10.8 Å². The number of hydrazine groups is 1. The molecule has 190 valence electrons. The molecule has 0 aliphatic rings. The molecule has 0 saturated heterocycles. The van der Waals surface area contributed by atoms with Gasteiger partial charge in [0.05, 0.1) is 5.92 Å². The lowest BCUT2D eigenvalue weighted by atomic mass is 9.93. The molecular weight excluding hydrogens is 469 g/mol. The molecule has 7 heteroatoms. The van der Waals surface area contributed by atoms with Crippen molar-refractivity contribution in [2.75, 3.05) is 10.7 Å². The maximum atomic E-state index is 14.3. The van der Waals surface area contributed by atoms with Crippen LogP contribution in [0.2, 0.25) is 0 Å². The Hall–Kier alpha value is -4.23. The summed E-state index contributed by atoms with van der Waals surface area (Å²) in [6.07, 6.45) is 1.03. The largest absolute Gasteiger partial charge is 0.481 e. The maximum Gasteiger partial charge on any atom is 0.303 e. The van der Waals surface area contributed by atoms with Gasteiger partial charge in [0.25, 0.3) is 0 Å². The number of carbonyl (C=O) groups excluding carboxylic acids is 1. The van der Waals surface area contributed by atoms with Crippen LogP contribution in [-0.2, 0) is 22.6 Å². The Kier molecular flexibility index (Phi) is 8.48. The van der Waals surface area contributed by atoms with Gasteiger partial charge < -0.3 is 15.8 Å². The molecule has 4 rings (SSSR count). The molecule has 1 unspecified atom stereocenters. The number of halogens is 1. The van der Waals surface area contributed by atoms with Gasteiger partial charge >= 0.3 is 5.97 Å². The van der Waals surface area contributed by atoms with Crippen LogP contribution in [-0.4, -0.2) is 17.0 Å². The number of hydrogen-bond acceptors (Lipinski definition) is 4. The summed E-state index contributed by atoms with van der Waals surface area (Å²) in [6, 6.07) is 25.7. The van der Waals surface area contributed by atoms with E-state index < -0.39 is 11.9 Å². The highest BCUT2D eigenvalue weighted by atomic mass is 19.1. The first-order valence-corrected chi connectivity index (χ1v) is 12.3. The number of benzene rings is 4. The van der Waals surface area contributed by atoms with Crippen molar-refractivity contribution in [1.29, 1.82) is 0 Å². The topological polar surface area (TPSA) is 90.5 Å². The average Bonchev–Trinajstić information content (AvgIpc) is 2.90. The summed E-state index contributed by atoms with van der Waals surface area (Å²) in [5.74, 6) is -1.92. The van der Waals surface area contributed by atoms with E-state index in [2.05, 4.69) is 16.2 Å². The lowest BCUT2D eigenvalue weighted by Crippen LogP contribution is -2.22. The van der Waals surface area contributed by atoms with E-state index in [-0.39, 0.29) is 18.1 Å². The first-order valence-electron chi connectivity index (χ1n) is 12.3. The lowest BCUT2D eigenvalue weighted by Gasteiger charge is -2.18. The Morgan fingerprint density at radius 1 is 0.919 bits per heavy atom. The highest BCUT2D eigenvalue weighted by Gasteiger charge is 2.20. The number of aryl methyl sites for hydroxylation is 1. The Labute approximate surface area is 215 Å². The number of rotatable bonds is 11. The predicted molar refractivity (Wildman–Crippen MR) is 145 cm³/mol. The van der Waals surface area contributed by atoms with Crippen molar-refractivity contribution >= 4 is 34.0 Å². The van der Waals surface area contributed by atoms with Crippen molar-refractivity contribution in [3.8, 4) is 0 Å². The number of carboxylic acids is 1. The van der Waals surface area contributed by atoms with E-state index in [1.807, 2.05) is 60.7 Å². The fraction of sp³-hybridized carbons (Fsp3) is 0.200. The van der Waals surface area contributed by atoms with Gasteiger partial charge in [-0.15, -0.1) is 0 Å². The van der Waals surface area contributed by atoms with Crippen LogP contribution >= 0.6 is 0 Å². The second kappa shape index (κ2) is 12.1. The van der Waals surface area contributed by atoms with Gasteiger partial charge in [-0.1, -0.05) is 60.7 Å². The molecule has 6 nitrogen and oxygen atoms in total. The van der Waals surface area contributed by atoms with Gasteiger partial charge in [-0.05, 0) is 66.1 Å². The number of carbonyl (C=O) groups is 2. The van der Waals surface area contributed by atoms with Gasteiger partial charge in [0, 0.05) is 29.7 Å². The van der Waals surface area contributed by atoms with E-state index >= 15 is 0 Å². The second-order valence-electron chi connectivity index (χ2n) is 8.98. The van der Waals surface area contributed by atoms with Crippen molar-refractivity contribution in [3.63, 3.8) is 0 Å². The Morgan fingerprint density at radius 2 is 1.65 bits per heavy atom. The number of hydrogen-bond donors (Lipinski definition) is 4. The third-order valence-electron chi connectivity index (χ3n) is 6.33. The number of amides is 1. The molecule has 0 spiro atoms. The van der Waals surface area contributed by atoms with Gasteiger partial charge in [0.1, 0.15) is 5.82 Å². The fourth-order valence-electron chi connectivity index (χ4n) is 4.31. The molecule has 1 amide bonds. The molecule has 0 aliphatic carbocycles. The summed E-state index contributed by atoms with van der Waals surface area (Å²) in [7, 11) is 0. The fourth-order valence-corrected chi connectivity index (χ4v) is 4.31. The number of para-hydroxylation sites is 1. The van der Waals surface area contributed by atoms with Gasteiger partial charge in [-0.3, -0.25) is 9.59 Å². The zero-order chi connectivity index (χ0) is 26.2. The van der Waals surface area contributed by atoms with Crippen molar-refractivity contribution in [2.24, 2.45) is 0 Å². The van der Waals surface area contributed by atoms with Gasteiger partial charge in [0.2, 0.25) is 5.91 Å². The summed E-state index contributed by atoms with van der Waals surface area (Å²) in [4.78, 5) is 24.4. The molecule has 0 heterocycles. The first kappa shape index (κ1) is 25.9. The van der Waals surface area contributed by atoms with E-state index in [1.54, 1.807) is 25.1 Å². The molecule has 4 aromatic rings. The second-order valence-corrected chi connectivity index (χ2v) is 8.98. The molecule has 0 aromatic heterocycles. The minimum atomic E-state index is -0.852. The van der Waals surface area contributed by atoms with Crippen molar-refractivity contribution in [3.05, 3.63) is 107 Å². The van der Waals surface area contributed by atoms with Crippen LogP contribution in [0.3, 0.4) is 0 Å². The molecule has 0 fully saturated rings. The van der Waals surface area contributed by atoms with Crippen molar-refractivity contribution in [2.45, 2.75) is 38.6 Å². The third-order valence-corrected chi connectivity index (χ3v) is 6.33. The lowest BCUT2D eigenvalue weighted by molar-refractivity contribution is -0.137. The number of fused-ring (bicyclic) bond motifs is 1. The summed E-state index contributed by atoms with van der Waals surface area (Å²) in [6.45, 7) is 2.31. The number of nitrogens with one attached hydrogen (secondary N) is 3. The normalized spacial score (nSPS) is 11.7. The molecule has 0 bridgehead atoms. The standard InChI is InChI=1S/C30H30FN3O3/c1-20(24-16-17-27(31)26-12-6-5-11-25(24)26)30(37)33-28-18-21(14-15-22(28)8-7-13-29(35)36)19-32-34-23-9-3-2-4-10-23/h2-6,9-12,14-18,20,32,34H,7-8,13,19H2,1H3,(H,33,37)(H,35,36). The molecular formula is C30H30FN3O3. The minimum Gasteiger partial charge on any atom is -0.481 e. The van der Waals surface area contributed by atoms with Crippen LogP contribution in [0.4, 0.5) is 15.8 Å². The summed E-state index contributed by atoms with van der Waals surface area (Å²) in [5, 5.41) is 13.3. The molecule has 37 heavy (non-hydrogen) atoms. The van der Waals surface area contributed by atoms with Crippen molar-refractivity contribution in [1.82, 2.24) is 5.43 Å². The average molecular weight is 500 g/mol. The van der Waals surface area contributed by atoms with E-state index in [4.69, 9.17) is 5.11 Å². The first-order chi connectivity index (χ1) is 17.9. The highest BCUT2D eigenvalue weighted by Crippen LogP contribution is 2.29. The van der Waals surface area contributed by atoms with Crippen LogP contribution in [0.5, 0.6) is 0 Å². The van der Waals surface area contributed by atoms with Gasteiger partial charge in [-0.25, -0.2) is 9.82 Å². The predicted octanol–water partition coefficient (Wildman–Crippen LogP) is 6.25. The Bertz CT molecular complexity index is 1390. The SMILES string of the molecule is CC(C(=O)Nc1cc(CNNc2ccccc2)ccc1CCCC(=O)O)c1ccc(F)c2ccccc12. The summed E-state index contributed by atoms with van der Waals surface area (Å²) in [5.41, 5.74) is 10.4. The van der Waals surface area contributed by atoms with E-state index in [1.165, 1.54) is 6.07 Å². The zero-order valence-electron chi connectivity index (χ0n) is 20.6. The van der Waals surface area contributed by atoms with Crippen LogP contribution in [0, 0.1) is 5.82 Å². The third kappa shape index (κ3) is 6.71. The monoisotopic (exact) mass is 499 g/mol. The van der Waals surface area contributed by atoms with Crippen LogP contribution in [0.1, 0.15) is 42.4 Å². The molecule has 0 radical (unpaired) electrons. The van der Waals surface area contributed by atoms with Crippen molar-refractivity contribution < 1.29 is 19.1 Å². The quantitative estimate of drug-likeness (QED) is 0.183. The number of carboxylic acid groups (broad SMARTS) is 1. The number of anilines is 2. The van der Waals surface area contributed by atoms with E-state index in [9.17, 15) is 14.0 Å². The zero-order valence-corrected chi connectivity index (χ0v) is 20.6. The molecule has 1 atom stereocenters. The van der Waals surface area contributed by atoms with Crippen LogP contribution < -0.4 is 16.2 Å². The molecule has 4 N–H and O–H groups in total. The summed E-state index contributed by atoms with van der Waals surface area (Å²) < 4.78 is 14.3. The Balaban J connectivity index is 1.53. The minimum absolute atomic E-state index is 0.0513. The van der Waals surface area contributed by atoms with E-state index in [0.717, 1.165) is 22.4 Å². The number of aliphatic carboxylic acids is 1. The highest BCUT2D eigenvalue weighted by molar-refractivity contribution is 5.99. The maximum absolute atomic E-state index is 14.3. The van der Waals surface area contributed by atoms with E-state index in [0.29, 0.717) is 35.8 Å². The Morgan fingerprint density at radius 3 is 2.41 bits per heavy atom. The molecule has 0 aliphatic heterocycles. The molecule has 0 saturated carbocycles. The van der Waals surface area contributed by atoms with Gasteiger partial charge in [-0.2, -0.15) is 0 Å². The smallest absolute Gasteiger partial charge is 0.303 e. The van der Waals surface area contributed by atoms with Crippen LogP contribution in [0.15, 0.2) is 84.9 Å². The molecule has 4 aromatic carbocycles. The summed E-state index contributed by atoms with van der Waals surface area (Å²) >= 11 is 0.